The Kier molecular flexibility index (Phi) is 3.62. The van der Waals surface area contributed by atoms with Crippen LogP contribution in [-0.4, -0.2) is 33.6 Å². The number of nitro groups is 1. The maximum absolute atomic E-state index is 11.4. The van der Waals surface area contributed by atoms with E-state index in [0.717, 1.165) is 11.4 Å². The summed E-state index contributed by atoms with van der Waals surface area (Å²) in [6.45, 7) is 2.94. The number of amidine groups is 1. The fourth-order valence-electron chi connectivity index (χ4n) is 2.80. The maximum atomic E-state index is 11.4. The van der Waals surface area contributed by atoms with E-state index in [9.17, 15) is 10.1 Å². The molecule has 0 N–H and O–H groups in total. The molecule has 1 aromatic carbocycles. The highest BCUT2D eigenvalue weighted by molar-refractivity contribution is 6.01. The SMILES string of the molecule is Cc1nn(C)c(N2CCN=C2Cc2ccccc2)c1[N+](=O)[O-]. The van der Waals surface area contributed by atoms with E-state index < -0.39 is 0 Å². The summed E-state index contributed by atoms with van der Waals surface area (Å²) < 4.78 is 1.57. The number of aromatic nitrogens is 2. The van der Waals surface area contributed by atoms with E-state index >= 15 is 0 Å². The number of hydrogen-bond donors (Lipinski definition) is 0. The quantitative estimate of drug-likeness (QED) is 0.640. The van der Waals surface area contributed by atoms with Crippen molar-refractivity contribution in [2.24, 2.45) is 12.0 Å². The van der Waals surface area contributed by atoms with Crippen molar-refractivity contribution in [3.8, 4) is 0 Å². The van der Waals surface area contributed by atoms with Crippen LogP contribution in [0.1, 0.15) is 11.3 Å². The molecule has 7 nitrogen and oxygen atoms in total. The molecular formula is C15H17N5O2. The van der Waals surface area contributed by atoms with Crippen LogP contribution in [-0.2, 0) is 13.5 Å². The number of rotatable bonds is 4. The van der Waals surface area contributed by atoms with Gasteiger partial charge in [-0.3, -0.25) is 15.1 Å². The summed E-state index contributed by atoms with van der Waals surface area (Å²) in [5, 5.41) is 15.6. The van der Waals surface area contributed by atoms with Gasteiger partial charge in [0.25, 0.3) is 0 Å². The lowest BCUT2D eigenvalue weighted by molar-refractivity contribution is -0.384. The number of anilines is 1. The fourth-order valence-corrected chi connectivity index (χ4v) is 2.80. The minimum Gasteiger partial charge on any atom is -0.307 e. The van der Waals surface area contributed by atoms with Crippen molar-refractivity contribution in [3.63, 3.8) is 0 Å². The summed E-state index contributed by atoms with van der Waals surface area (Å²) in [6, 6.07) is 9.98. The second kappa shape index (κ2) is 5.59. The molecule has 3 rings (SSSR count). The van der Waals surface area contributed by atoms with Gasteiger partial charge in [-0.25, -0.2) is 4.68 Å². The van der Waals surface area contributed by atoms with Crippen LogP contribution in [0.5, 0.6) is 0 Å². The van der Waals surface area contributed by atoms with Gasteiger partial charge in [-0.15, -0.1) is 0 Å². The van der Waals surface area contributed by atoms with Crippen LogP contribution >= 0.6 is 0 Å². The van der Waals surface area contributed by atoms with E-state index in [0.29, 0.717) is 31.0 Å². The standard InChI is InChI=1S/C15H17N5O2/c1-11-14(20(21)22)15(18(2)17-11)19-9-8-16-13(19)10-12-6-4-3-5-7-12/h3-7H,8-10H2,1-2H3. The molecule has 0 saturated heterocycles. The summed E-state index contributed by atoms with van der Waals surface area (Å²) >= 11 is 0. The number of aliphatic imine (C=N–C) groups is 1. The van der Waals surface area contributed by atoms with Crippen molar-refractivity contribution in [2.75, 3.05) is 18.0 Å². The summed E-state index contributed by atoms with van der Waals surface area (Å²) in [5.74, 6) is 1.35. The van der Waals surface area contributed by atoms with Crippen molar-refractivity contribution < 1.29 is 4.92 Å². The molecular weight excluding hydrogens is 282 g/mol. The first kappa shape index (κ1) is 14.2. The molecule has 0 radical (unpaired) electrons. The molecule has 0 atom stereocenters. The third kappa shape index (κ3) is 2.45. The monoisotopic (exact) mass is 299 g/mol. The Bertz CT molecular complexity index is 736. The normalized spacial score (nSPS) is 14.3. The maximum Gasteiger partial charge on any atom is 0.334 e. The Morgan fingerprint density at radius 3 is 2.73 bits per heavy atom. The van der Waals surface area contributed by atoms with Crippen LogP contribution in [0.3, 0.4) is 0 Å². The summed E-state index contributed by atoms with van der Waals surface area (Å²) in [5.41, 5.74) is 1.62. The van der Waals surface area contributed by atoms with Crippen LogP contribution in [0, 0.1) is 17.0 Å². The Morgan fingerprint density at radius 1 is 1.32 bits per heavy atom. The predicted octanol–water partition coefficient (Wildman–Crippen LogP) is 2.10. The molecule has 0 unspecified atom stereocenters. The van der Waals surface area contributed by atoms with E-state index in [1.807, 2.05) is 35.2 Å². The van der Waals surface area contributed by atoms with E-state index in [1.54, 1.807) is 18.7 Å². The molecule has 7 heteroatoms. The van der Waals surface area contributed by atoms with E-state index in [2.05, 4.69) is 10.1 Å². The topological polar surface area (TPSA) is 76.6 Å². The zero-order valence-electron chi connectivity index (χ0n) is 12.6. The molecule has 1 aliphatic rings. The summed E-state index contributed by atoms with van der Waals surface area (Å²) in [6.07, 6.45) is 0.655. The second-order valence-corrected chi connectivity index (χ2v) is 5.25. The van der Waals surface area contributed by atoms with Gasteiger partial charge in [0, 0.05) is 20.0 Å². The second-order valence-electron chi connectivity index (χ2n) is 5.25. The highest BCUT2D eigenvalue weighted by atomic mass is 16.6. The number of benzene rings is 1. The Hall–Kier alpha value is -2.70. The lowest BCUT2D eigenvalue weighted by Gasteiger charge is -2.19. The lowest BCUT2D eigenvalue weighted by Crippen LogP contribution is -2.31. The van der Waals surface area contributed by atoms with E-state index in [4.69, 9.17) is 0 Å². The molecule has 1 aromatic heterocycles. The Morgan fingerprint density at radius 2 is 2.05 bits per heavy atom. The van der Waals surface area contributed by atoms with Crippen LogP contribution in [0.2, 0.25) is 0 Å². The van der Waals surface area contributed by atoms with Crippen LogP contribution in [0.4, 0.5) is 11.5 Å². The molecule has 0 saturated carbocycles. The fraction of sp³-hybridized carbons (Fsp3) is 0.333. The van der Waals surface area contributed by atoms with Gasteiger partial charge in [0.05, 0.1) is 11.5 Å². The van der Waals surface area contributed by atoms with Crippen molar-refractivity contribution in [1.29, 1.82) is 0 Å². The smallest absolute Gasteiger partial charge is 0.307 e. The lowest BCUT2D eigenvalue weighted by atomic mass is 10.1. The molecule has 2 heterocycles. The zero-order valence-corrected chi connectivity index (χ0v) is 12.6. The number of aryl methyl sites for hydroxylation is 2. The Labute approximate surface area is 128 Å². The highest BCUT2D eigenvalue weighted by Gasteiger charge is 2.32. The molecule has 2 aromatic rings. The van der Waals surface area contributed by atoms with Gasteiger partial charge in [0.15, 0.2) is 0 Å². The van der Waals surface area contributed by atoms with E-state index in [1.165, 1.54) is 0 Å². The minimum absolute atomic E-state index is 0.0603. The van der Waals surface area contributed by atoms with Crippen molar-refractivity contribution in [1.82, 2.24) is 9.78 Å². The molecule has 0 spiro atoms. The van der Waals surface area contributed by atoms with Crippen LogP contribution in [0.15, 0.2) is 35.3 Å². The molecule has 0 fully saturated rings. The molecule has 0 amide bonds. The van der Waals surface area contributed by atoms with Gasteiger partial charge in [0.2, 0.25) is 5.82 Å². The molecule has 1 aliphatic heterocycles. The largest absolute Gasteiger partial charge is 0.334 e. The molecule has 114 valence electrons. The summed E-state index contributed by atoms with van der Waals surface area (Å²) in [4.78, 5) is 17.4. The molecule has 0 aliphatic carbocycles. The van der Waals surface area contributed by atoms with Crippen molar-refractivity contribution >= 4 is 17.3 Å². The molecule has 22 heavy (non-hydrogen) atoms. The molecule has 0 bridgehead atoms. The first-order chi connectivity index (χ1) is 10.6. The van der Waals surface area contributed by atoms with Crippen LogP contribution < -0.4 is 4.90 Å². The predicted molar refractivity (Wildman–Crippen MR) is 84.4 cm³/mol. The summed E-state index contributed by atoms with van der Waals surface area (Å²) in [7, 11) is 1.73. The third-order valence-corrected chi connectivity index (χ3v) is 3.73. The number of hydrogen-bond acceptors (Lipinski definition) is 5. The van der Waals surface area contributed by atoms with E-state index in [-0.39, 0.29) is 10.6 Å². The highest BCUT2D eigenvalue weighted by Crippen LogP contribution is 2.32. The third-order valence-electron chi connectivity index (χ3n) is 3.73. The first-order valence-corrected chi connectivity index (χ1v) is 7.10. The van der Waals surface area contributed by atoms with Crippen molar-refractivity contribution in [2.45, 2.75) is 13.3 Å². The van der Waals surface area contributed by atoms with Gasteiger partial charge >= 0.3 is 5.69 Å². The Balaban J connectivity index is 1.95. The van der Waals surface area contributed by atoms with Gasteiger partial charge in [-0.1, -0.05) is 30.3 Å². The number of nitrogens with zero attached hydrogens (tertiary/aromatic N) is 5. The minimum atomic E-state index is -0.365. The first-order valence-electron chi connectivity index (χ1n) is 7.10. The van der Waals surface area contributed by atoms with Crippen molar-refractivity contribution in [3.05, 3.63) is 51.7 Å². The average molecular weight is 299 g/mol. The van der Waals surface area contributed by atoms with Gasteiger partial charge in [-0.05, 0) is 12.5 Å². The van der Waals surface area contributed by atoms with Gasteiger partial charge < -0.3 is 4.90 Å². The van der Waals surface area contributed by atoms with Gasteiger partial charge in [-0.2, -0.15) is 5.10 Å². The van der Waals surface area contributed by atoms with Crippen LogP contribution in [0.25, 0.3) is 0 Å². The van der Waals surface area contributed by atoms with Gasteiger partial charge in [0.1, 0.15) is 11.5 Å². The average Bonchev–Trinajstić information content (AvgIpc) is 3.03. The zero-order chi connectivity index (χ0) is 15.7.